The smallest absolute Gasteiger partial charge is 0.151 e. The van der Waals surface area contributed by atoms with E-state index in [2.05, 4.69) is 19.1 Å². The van der Waals surface area contributed by atoms with Crippen molar-refractivity contribution in [2.45, 2.75) is 46.0 Å². The lowest BCUT2D eigenvalue weighted by molar-refractivity contribution is -0.125. The molecule has 110 valence electrons. The molecule has 1 aromatic carbocycles. The van der Waals surface area contributed by atoms with E-state index in [0.717, 1.165) is 36.0 Å². The number of rotatable bonds is 1. The Morgan fingerprint density at radius 3 is 1.81 bits per heavy atom. The number of ketones is 2. The number of aryl methyl sites for hydroxylation is 3. The average molecular weight is 282 g/mol. The monoisotopic (exact) mass is 282 g/mol. The highest BCUT2D eigenvalue weighted by Crippen LogP contribution is 2.59. The number of fused-ring (bicyclic) bond motifs is 5. The molecule has 4 unspecified atom stereocenters. The van der Waals surface area contributed by atoms with Gasteiger partial charge in [-0.25, -0.2) is 0 Å². The quantitative estimate of drug-likeness (QED) is 0.739. The fourth-order valence-electron chi connectivity index (χ4n) is 5.57. The van der Waals surface area contributed by atoms with Gasteiger partial charge in [-0.3, -0.25) is 9.59 Å². The van der Waals surface area contributed by atoms with E-state index in [0.29, 0.717) is 11.8 Å². The van der Waals surface area contributed by atoms with Crippen molar-refractivity contribution in [1.82, 2.24) is 0 Å². The molecule has 2 heteroatoms. The van der Waals surface area contributed by atoms with E-state index in [4.69, 9.17) is 0 Å². The summed E-state index contributed by atoms with van der Waals surface area (Å²) in [7, 11) is 0. The van der Waals surface area contributed by atoms with E-state index in [1.54, 1.807) is 0 Å². The largest absolute Gasteiger partial charge is 0.298 e. The number of carbonyl (C=O) groups excluding carboxylic acids is 2. The molecule has 2 bridgehead atoms. The summed E-state index contributed by atoms with van der Waals surface area (Å²) in [6.45, 7) is 6.15. The van der Waals surface area contributed by atoms with Crippen LogP contribution >= 0.6 is 0 Å². The topological polar surface area (TPSA) is 34.1 Å². The van der Waals surface area contributed by atoms with Crippen molar-refractivity contribution in [2.24, 2.45) is 23.7 Å². The third-order valence-electron chi connectivity index (χ3n) is 6.17. The molecule has 0 N–H and O–H groups in total. The Kier molecular flexibility index (Phi) is 2.70. The van der Waals surface area contributed by atoms with Crippen molar-refractivity contribution < 1.29 is 9.59 Å². The van der Waals surface area contributed by atoms with Gasteiger partial charge >= 0.3 is 0 Å². The van der Waals surface area contributed by atoms with E-state index >= 15 is 0 Å². The van der Waals surface area contributed by atoms with Crippen LogP contribution in [0.1, 0.15) is 47.4 Å². The first-order valence-corrected chi connectivity index (χ1v) is 8.14. The molecule has 0 spiro atoms. The first-order chi connectivity index (χ1) is 9.99. The van der Waals surface area contributed by atoms with Gasteiger partial charge < -0.3 is 0 Å². The van der Waals surface area contributed by atoms with E-state index in [1.165, 1.54) is 5.56 Å². The summed E-state index contributed by atoms with van der Waals surface area (Å²) >= 11 is 0. The number of hydrogen-bond acceptors (Lipinski definition) is 2. The second-order valence-electron chi connectivity index (χ2n) is 7.43. The molecule has 3 saturated carbocycles. The van der Waals surface area contributed by atoms with Gasteiger partial charge in [-0.2, -0.15) is 0 Å². The van der Waals surface area contributed by atoms with E-state index in [9.17, 15) is 9.59 Å². The number of Topliss-reactive ketones (excluding diaryl/α,β-unsaturated/α-hetero) is 2. The van der Waals surface area contributed by atoms with Crippen LogP contribution in [0.4, 0.5) is 0 Å². The highest BCUT2D eigenvalue weighted by atomic mass is 16.2. The maximum Gasteiger partial charge on any atom is 0.151 e. The maximum atomic E-state index is 13.0. The zero-order valence-corrected chi connectivity index (χ0v) is 13.0. The Morgan fingerprint density at radius 1 is 0.857 bits per heavy atom. The molecule has 0 amide bonds. The van der Waals surface area contributed by atoms with Gasteiger partial charge in [-0.1, -0.05) is 17.7 Å². The molecule has 4 atom stereocenters. The molecule has 3 fully saturated rings. The fraction of sp³-hybridized carbons (Fsp3) is 0.579. The summed E-state index contributed by atoms with van der Waals surface area (Å²) in [6, 6.07) is 4.21. The Balaban J connectivity index is 1.81. The Morgan fingerprint density at radius 2 is 1.33 bits per heavy atom. The molecule has 0 radical (unpaired) electrons. The lowest BCUT2D eigenvalue weighted by Gasteiger charge is -2.21. The predicted molar refractivity (Wildman–Crippen MR) is 81.2 cm³/mol. The normalized spacial score (nSPS) is 37.4. The van der Waals surface area contributed by atoms with Crippen LogP contribution in [0.3, 0.4) is 0 Å². The molecule has 3 aliphatic carbocycles. The first kappa shape index (κ1) is 13.2. The van der Waals surface area contributed by atoms with Crippen LogP contribution in [0.25, 0.3) is 0 Å². The van der Waals surface area contributed by atoms with E-state index in [1.807, 2.05) is 13.8 Å². The van der Waals surface area contributed by atoms with Crippen molar-refractivity contribution in [3.8, 4) is 0 Å². The lowest BCUT2D eigenvalue weighted by Crippen LogP contribution is -2.24. The summed E-state index contributed by atoms with van der Waals surface area (Å²) < 4.78 is 0. The van der Waals surface area contributed by atoms with E-state index in [-0.39, 0.29) is 23.4 Å². The van der Waals surface area contributed by atoms with Crippen LogP contribution in [0.15, 0.2) is 12.1 Å². The first-order valence-electron chi connectivity index (χ1n) is 8.14. The summed E-state index contributed by atoms with van der Waals surface area (Å²) in [5.41, 5.74) is 4.41. The SMILES string of the molecule is Cc1cc(C)c(C2C(=O)C3C4CCC(C4)C3C2=O)c(C)c1. The molecule has 4 rings (SSSR count). The second kappa shape index (κ2) is 4.28. The highest BCUT2D eigenvalue weighted by Gasteiger charge is 2.61. The van der Waals surface area contributed by atoms with Crippen molar-refractivity contribution in [3.63, 3.8) is 0 Å². The molecule has 21 heavy (non-hydrogen) atoms. The van der Waals surface area contributed by atoms with Crippen LogP contribution in [-0.2, 0) is 9.59 Å². The predicted octanol–water partition coefficient (Wildman–Crippen LogP) is 3.51. The molecular formula is C19H22O2. The average Bonchev–Trinajstić information content (AvgIpc) is 3.06. The maximum absolute atomic E-state index is 13.0. The van der Waals surface area contributed by atoms with E-state index < -0.39 is 5.92 Å². The zero-order chi connectivity index (χ0) is 14.9. The summed E-state index contributed by atoms with van der Waals surface area (Å²) in [5, 5.41) is 0. The summed E-state index contributed by atoms with van der Waals surface area (Å²) in [5.74, 6) is 1.06. The molecule has 0 aromatic heterocycles. The number of benzene rings is 1. The van der Waals surface area contributed by atoms with Gasteiger partial charge in [0.15, 0.2) is 11.6 Å². The lowest BCUT2D eigenvalue weighted by atomic mass is 9.81. The third kappa shape index (κ3) is 1.65. The van der Waals surface area contributed by atoms with Crippen molar-refractivity contribution in [1.29, 1.82) is 0 Å². The summed E-state index contributed by atoms with van der Waals surface area (Å²) in [4.78, 5) is 25.9. The number of carbonyl (C=O) groups is 2. The van der Waals surface area contributed by atoms with Crippen LogP contribution in [0.5, 0.6) is 0 Å². The Hall–Kier alpha value is -1.44. The summed E-state index contributed by atoms with van der Waals surface area (Å²) in [6.07, 6.45) is 3.43. The van der Waals surface area contributed by atoms with Gasteiger partial charge in [-0.15, -0.1) is 0 Å². The standard InChI is InChI=1S/C19H22O2/c1-9-6-10(2)14(11(3)7-9)17-18(20)15-12-4-5-13(8-12)16(15)19(17)21/h6-7,12-13,15-17H,4-5,8H2,1-3H3. The van der Waals surface area contributed by atoms with Gasteiger partial charge in [0, 0.05) is 11.8 Å². The van der Waals surface area contributed by atoms with Crippen LogP contribution < -0.4 is 0 Å². The van der Waals surface area contributed by atoms with Gasteiger partial charge in [-0.05, 0) is 68.6 Å². The van der Waals surface area contributed by atoms with Crippen LogP contribution in [-0.4, -0.2) is 11.6 Å². The fourth-order valence-corrected chi connectivity index (χ4v) is 5.57. The van der Waals surface area contributed by atoms with Gasteiger partial charge in [0.2, 0.25) is 0 Å². The molecular weight excluding hydrogens is 260 g/mol. The minimum absolute atomic E-state index is 0.0429. The third-order valence-corrected chi connectivity index (χ3v) is 6.17. The second-order valence-corrected chi connectivity index (χ2v) is 7.43. The minimum Gasteiger partial charge on any atom is -0.298 e. The van der Waals surface area contributed by atoms with Crippen molar-refractivity contribution in [3.05, 3.63) is 34.4 Å². The van der Waals surface area contributed by atoms with Gasteiger partial charge in [0.05, 0.1) is 0 Å². The van der Waals surface area contributed by atoms with Crippen LogP contribution in [0, 0.1) is 44.4 Å². The molecule has 0 heterocycles. The molecule has 3 aliphatic rings. The van der Waals surface area contributed by atoms with Gasteiger partial charge in [0.1, 0.15) is 5.92 Å². The zero-order valence-electron chi connectivity index (χ0n) is 13.0. The molecule has 1 aromatic rings. The number of hydrogen-bond donors (Lipinski definition) is 0. The van der Waals surface area contributed by atoms with Gasteiger partial charge in [0.25, 0.3) is 0 Å². The molecule has 0 saturated heterocycles. The molecule has 0 aliphatic heterocycles. The minimum atomic E-state index is -0.469. The van der Waals surface area contributed by atoms with Crippen molar-refractivity contribution >= 4 is 11.6 Å². The molecule has 2 nitrogen and oxygen atoms in total. The Bertz CT molecular complexity index is 607. The van der Waals surface area contributed by atoms with Crippen molar-refractivity contribution in [2.75, 3.05) is 0 Å². The van der Waals surface area contributed by atoms with Crippen LogP contribution in [0.2, 0.25) is 0 Å². The highest BCUT2D eigenvalue weighted by molar-refractivity contribution is 6.16. The Labute approximate surface area is 125 Å².